The number of rotatable bonds is 8. The maximum atomic E-state index is 12.2. The molecule has 0 bridgehead atoms. The van der Waals surface area contributed by atoms with Gasteiger partial charge in [-0.15, -0.1) is 23.1 Å². The lowest BCUT2D eigenvalue weighted by atomic mass is 10.3. The van der Waals surface area contributed by atoms with Gasteiger partial charge in [0, 0.05) is 35.5 Å². The lowest BCUT2D eigenvalue weighted by Gasteiger charge is -2.17. The van der Waals surface area contributed by atoms with E-state index in [0.29, 0.717) is 40.3 Å². The van der Waals surface area contributed by atoms with Crippen molar-refractivity contribution in [2.75, 3.05) is 26.0 Å². The molecule has 9 heteroatoms. The first-order valence-corrected chi connectivity index (χ1v) is 10.6. The monoisotopic (exact) mass is 423 g/mol. The van der Waals surface area contributed by atoms with Crippen LogP contribution in [0.3, 0.4) is 0 Å². The Bertz CT molecular complexity index is 972. The molecule has 2 aromatic heterocycles. The summed E-state index contributed by atoms with van der Waals surface area (Å²) in [6.07, 6.45) is 1.71. The molecule has 0 saturated heterocycles. The smallest absolute Gasteiger partial charge is 0.258 e. The minimum absolute atomic E-state index is 0.00799. The van der Waals surface area contributed by atoms with E-state index in [0.717, 1.165) is 5.75 Å². The van der Waals surface area contributed by atoms with Crippen molar-refractivity contribution < 1.29 is 9.53 Å². The highest BCUT2D eigenvalue weighted by molar-refractivity contribution is 7.99. The fraction of sp³-hybridized carbons (Fsp3) is 0.278. The van der Waals surface area contributed by atoms with E-state index in [-0.39, 0.29) is 11.5 Å². The van der Waals surface area contributed by atoms with Crippen LogP contribution >= 0.6 is 34.7 Å². The number of fused-ring (bicyclic) bond motifs is 1. The van der Waals surface area contributed by atoms with Crippen LogP contribution in [0, 0.1) is 0 Å². The summed E-state index contributed by atoms with van der Waals surface area (Å²) in [5.41, 5.74) is 0.591. The molecule has 0 fully saturated rings. The fourth-order valence-corrected chi connectivity index (χ4v) is 3.99. The van der Waals surface area contributed by atoms with E-state index in [1.54, 1.807) is 42.4 Å². The van der Waals surface area contributed by atoms with Crippen molar-refractivity contribution in [2.24, 2.45) is 0 Å². The predicted octanol–water partition coefficient (Wildman–Crippen LogP) is 3.18. The highest BCUT2D eigenvalue weighted by Crippen LogP contribution is 2.16. The van der Waals surface area contributed by atoms with Gasteiger partial charge in [0.1, 0.15) is 12.4 Å². The first-order chi connectivity index (χ1) is 13.0. The van der Waals surface area contributed by atoms with Gasteiger partial charge in [-0.2, -0.15) is 0 Å². The number of ether oxygens (including phenoxy) is 1. The van der Waals surface area contributed by atoms with Crippen LogP contribution in [0.25, 0.3) is 4.96 Å². The normalized spacial score (nSPS) is 10.9. The zero-order valence-corrected chi connectivity index (χ0v) is 17.0. The van der Waals surface area contributed by atoms with Crippen molar-refractivity contribution in [3.8, 4) is 5.75 Å². The first kappa shape index (κ1) is 19.7. The maximum absolute atomic E-state index is 12.2. The SMILES string of the molecule is CN(CCOc1ccc(Cl)cc1)C(=O)CSCc1cc(=O)n2ccsc2n1. The zero-order chi connectivity index (χ0) is 19.2. The summed E-state index contributed by atoms with van der Waals surface area (Å²) in [6.45, 7) is 0.894. The minimum atomic E-state index is -0.0976. The summed E-state index contributed by atoms with van der Waals surface area (Å²) < 4.78 is 7.11. The van der Waals surface area contributed by atoms with Gasteiger partial charge in [-0.3, -0.25) is 14.0 Å². The minimum Gasteiger partial charge on any atom is -0.492 e. The highest BCUT2D eigenvalue weighted by atomic mass is 35.5. The predicted molar refractivity (Wildman–Crippen MR) is 110 cm³/mol. The zero-order valence-electron chi connectivity index (χ0n) is 14.6. The highest BCUT2D eigenvalue weighted by Gasteiger charge is 2.10. The van der Waals surface area contributed by atoms with Gasteiger partial charge in [0.2, 0.25) is 5.91 Å². The molecule has 0 radical (unpaired) electrons. The largest absolute Gasteiger partial charge is 0.492 e. The number of nitrogens with zero attached hydrogens (tertiary/aromatic N) is 3. The Hall–Kier alpha value is -2.03. The second-order valence-corrected chi connectivity index (χ2v) is 8.05. The van der Waals surface area contributed by atoms with E-state index in [9.17, 15) is 9.59 Å². The number of hydrogen-bond acceptors (Lipinski definition) is 6. The number of aromatic nitrogens is 2. The number of carbonyl (C=O) groups excluding carboxylic acids is 1. The molecular weight excluding hydrogens is 406 g/mol. The summed E-state index contributed by atoms with van der Waals surface area (Å²) in [5, 5.41) is 2.48. The molecule has 0 aliphatic rings. The van der Waals surface area contributed by atoms with Crippen LogP contribution in [0.15, 0.2) is 46.7 Å². The van der Waals surface area contributed by atoms with Gasteiger partial charge in [-0.1, -0.05) is 11.6 Å². The molecule has 0 atom stereocenters. The average Bonchev–Trinajstić information content (AvgIpc) is 3.12. The number of likely N-dealkylation sites (N-methyl/N-ethyl adjacent to an activating group) is 1. The van der Waals surface area contributed by atoms with Crippen LogP contribution in [0.5, 0.6) is 5.75 Å². The molecular formula is C18H18ClN3O3S2. The first-order valence-electron chi connectivity index (χ1n) is 8.19. The van der Waals surface area contributed by atoms with Crippen LogP contribution in [0.1, 0.15) is 5.69 Å². The molecule has 1 aromatic carbocycles. The molecule has 27 heavy (non-hydrogen) atoms. The molecule has 0 unspecified atom stereocenters. The van der Waals surface area contributed by atoms with Gasteiger partial charge >= 0.3 is 0 Å². The Morgan fingerprint density at radius 2 is 2.15 bits per heavy atom. The molecule has 3 aromatic rings. The Labute approximate surface area is 169 Å². The second kappa shape index (κ2) is 9.25. The number of thiazole rings is 1. The number of carbonyl (C=O) groups is 1. The lowest BCUT2D eigenvalue weighted by molar-refractivity contribution is -0.127. The van der Waals surface area contributed by atoms with Crippen molar-refractivity contribution in [1.82, 2.24) is 14.3 Å². The summed E-state index contributed by atoms with van der Waals surface area (Å²) in [6, 6.07) is 8.62. The fourth-order valence-electron chi connectivity index (χ4n) is 2.27. The van der Waals surface area contributed by atoms with Gasteiger partial charge < -0.3 is 9.64 Å². The van der Waals surface area contributed by atoms with Crippen LogP contribution in [-0.4, -0.2) is 46.1 Å². The Kier molecular flexibility index (Phi) is 6.76. The molecule has 0 aliphatic carbocycles. The molecule has 0 N–H and O–H groups in total. The summed E-state index contributed by atoms with van der Waals surface area (Å²) >= 11 is 8.68. The van der Waals surface area contributed by atoms with Crippen molar-refractivity contribution in [3.05, 3.63) is 63.0 Å². The molecule has 6 nitrogen and oxygen atoms in total. The number of hydrogen-bond donors (Lipinski definition) is 0. The van der Waals surface area contributed by atoms with Gasteiger partial charge in [0.05, 0.1) is 18.0 Å². The van der Waals surface area contributed by atoms with Gasteiger partial charge in [0.25, 0.3) is 5.56 Å². The number of thioether (sulfide) groups is 1. The van der Waals surface area contributed by atoms with Crippen LogP contribution in [0.2, 0.25) is 5.02 Å². The van der Waals surface area contributed by atoms with Gasteiger partial charge in [-0.05, 0) is 24.3 Å². The Morgan fingerprint density at radius 1 is 1.37 bits per heavy atom. The summed E-state index contributed by atoms with van der Waals surface area (Å²) in [4.78, 5) is 30.9. The molecule has 1 amide bonds. The van der Waals surface area contributed by atoms with Crippen molar-refractivity contribution >= 4 is 45.6 Å². The standard InChI is InChI=1S/C18H18ClN3O3S2/c1-21(6-8-25-15-4-2-13(19)3-5-15)17(24)12-26-11-14-10-16(23)22-7-9-27-18(22)20-14/h2-5,7,9-10H,6,8,11-12H2,1H3. The van der Waals surface area contributed by atoms with E-state index in [1.165, 1.54) is 33.6 Å². The third-order valence-corrected chi connectivity index (χ3v) is 5.73. The summed E-state index contributed by atoms with van der Waals surface area (Å²) in [5.74, 6) is 1.57. The molecule has 142 valence electrons. The number of halogens is 1. The summed E-state index contributed by atoms with van der Waals surface area (Å²) in [7, 11) is 1.75. The van der Waals surface area contributed by atoms with Crippen LogP contribution in [0.4, 0.5) is 0 Å². The third-order valence-electron chi connectivity index (χ3n) is 3.77. The second-order valence-electron chi connectivity index (χ2n) is 5.75. The third kappa shape index (κ3) is 5.47. The van der Waals surface area contributed by atoms with Gasteiger partial charge in [0.15, 0.2) is 4.96 Å². The lowest BCUT2D eigenvalue weighted by Crippen LogP contribution is -2.32. The quantitative estimate of drug-likeness (QED) is 0.556. The van der Waals surface area contributed by atoms with Crippen molar-refractivity contribution in [3.63, 3.8) is 0 Å². The van der Waals surface area contributed by atoms with Crippen LogP contribution in [-0.2, 0) is 10.5 Å². The van der Waals surface area contributed by atoms with Crippen molar-refractivity contribution in [1.29, 1.82) is 0 Å². The molecule has 0 aliphatic heterocycles. The topological polar surface area (TPSA) is 63.9 Å². The van der Waals surface area contributed by atoms with E-state index in [1.807, 2.05) is 5.38 Å². The maximum Gasteiger partial charge on any atom is 0.258 e. The molecule has 0 spiro atoms. The Morgan fingerprint density at radius 3 is 2.93 bits per heavy atom. The van der Waals surface area contributed by atoms with E-state index < -0.39 is 0 Å². The molecule has 3 rings (SSSR count). The van der Waals surface area contributed by atoms with E-state index in [4.69, 9.17) is 16.3 Å². The molecule has 2 heterocycles. The van der Waals surface area contributed by atoms with Crippen LogP contribution < -0.4 is 10.3 Å². The van der Waals surface area contributed by atoms with E-state index >= 15 is 0 Å². The average molecular weight is 424 g/mol. The number of amides is 1. The van der Waals surface area contributed by atoms with Crippen molar-refractivity contribution in [2.45, 2.75) is 5.75 Å². The Balaban J connectivity index is 1.41. The van der Waals surface area contributed by atoms with Gasteiger partial charge in [-0.25, -0.2) is 4.98 Å². The molecule has 0 saturated carbocycles. The number of benzene rings is 1. The van der Waals surface area contributed by atoms with E-state index in [2.05, 4.69) is 4.98 Å².